The molecular formula is C17H21N3O4S. The van der Waals surface area contributed by atoms with Gasteiger partial charge in [-0.05, 0) is 18.9 Å². The van der Waals surface area contributed by atoms with Crippen molar-refractivity contribution in [3.63, 3.8) is 0 Å². The summed E-state index contributed by atoms with van der Waals surface area (Å²) in [5.41, 5.74) is 1.04. The standard InChI is InChI=1S/C17H21N3O4S/c1-13-9-16(19-24-13)18-17(21)11-20(10-14-5-3-2-4-6-14)15-7-8-25(22,23)12-15/h2-6,9,15H,7-8,10-12H2,1H3,(H,18,19,21)/t15-/m0/s1. The van der Waals surface area contributed by atoms with E-state index in [9.17, 15) is 13.2 Å². The molecule has 2 heterocycles. The summed E-state index contributed by atoms with van der Waals surface area (Å²) in [5.74, 6) is 0.997. The molecule has 1 aliphatic rings. The average Bonchev–Trinajstić information content (AvgIpc) is 3.13. The zero-order chi connectivity index (χ0) is 17.9. The predicted octanol–water partition coefficient (Wildman–Crippen LogP) is 1.61. The van der Waals surface area contributed by atoms with Gasteiger partial charge in [0, 0.05) is 18.7 Å². The first-order valence-corrected chi connectivity index (χ1v) is 9.95. The van der Waals surface area contributed by atoms with Gasteiger partial charge in [0.25, 0.3) is 0 Å². The first-order valence-electron chi connectivity index (χ1n) is 8.13. The summed E-state index contributed by atoms with van der Waals surface area (Å²) in [4.78, 5) is 14.3. The second kappa shape index (κ2) is 7.37. The van der Waals surface area contributed by atoms with Gasteiger partial charge in [-0.15, -0.1) is 0 Å². The van der Waals surface area contributed by atoms with Crippen molar-refractivity contribution in [1.29, 1.82) is 0 Å². The van der Waals surface area contributed by atoms with Crippen LogP contribution in [0.3, 0.4) is 0 Å². The Bertz CT molecular complexity index is 833. The van der Waals surface area contributed by atoms with Gasteiger partial charge in [0.2, 0.25) is 5.91 Å². The van der Waals surface area contributed by atoms with Gasteiger partial charge in [0.05, 0.1) is 18.1 Å². The van der Waals surface area contributed by atoms with E-state index < -0.39 is 9.84 Å². The Kier molecular flexibility index (Phi) is 5.19. The number of aryl methyl sites for hydroxylation is 1. The molecule has 0 unspecified atom stereocenters. The van der Waals surface area contributed by atoms with E-state index >= 15 is 0 Å². The maximum absolute atomic E-state index is 12.4. The number of carbonyl (C=O) groups excluding carboxylic acids is 1. The number of benzene rings is 1. The Morgan fingerprint density at radius 2 is 2.12 bits per heavy atom. The minimum absolute atomic E-state index is 0.0934. The minimum atomic E-state index is -3.02. The molecule has 1 amide bonds. The molecule has 0 aliphatic carbocycles. The molecule has 25 heavy (non-hydrogen) atoms. The molecule has 0 radical (unpaired) electrons. The number of rotatable bonds is 6. The third-order valence-corrected chi connectivity index (χ3v) is 5.95. The highest BCUT2D eigenvalue weighted by atomic mass is 32.2. The number of nitrogens with zero attached hydrogens (tertiary/aromatic N) is 2. The van der Waals surface area contributed by atoms with Gasteiger partial charge in [-0.25, -0.2) is 8.42 Å². The molecule has 1 aliphatic heterocycles. The molecule has 1 fully saturated rings. The third-order valence-electron chi connectivity index (χ3n) is 4.20. The highest BCUT2D eigenvalue weighted by Crippen LogP contribution is 2.20. The quantitative estimate of drug-likeness (QED) is 0.838. The molecule has 1 saturated heterocycles. The summed E-state index contributed by atoms with van der Waals surface area (Å²) in [6, 6.07) is 11.2. The predicted molar refractivity (Wildman–Crippen MR) is 93.8 cm³/mol. The molecule has 8 heteroatoms. The Balaban J connectivity index is 1.70. The molecular weight excluding hydrogens is 342 g/mol. The van der Waals surface area contributed by atoms with Crippen molar-refractivity contribution < 1.29 is 17.7 Å². The normalized spacial score (nSPS) is 19.2. The van der Waals surface area contributed by atoms with Gasteiger partial charge in [-0.3, -0.25) is 9.69 Å². The second-order valence-electron chi connectivity index (χ2n) is 6.32. The summed E-state index contributed by atoms with van der Waals surface area (Å²) >= 11 is 0. The molecule has 2 aromatic rings. The van der Waals surface area contributed by atoms with E-state index in [1.165, 1.54) is 0 Å². The fourth-order valence-electron chi connectivity index (χ4n) is 2.99. The Morgan fingerprint density at radius 1 is 1.36 bits per heavy atom. The Hall–Kier alpha value is -2.19. The van der Waals surface area contributed by atoms with E-state index in [0.717, 1.165) is 5.56 Å². The lowest BCUT2D eigenvalue weighted by Crippen LogP contribution is -2.41. The van der Waals surface area contributed by atoms with Crippen LogP contribution in [0.15, 0.2) is 40.9 Å². The van der Waals surface area contributed by atoms with Gasteiger partial charge in [0.1, 0.15) is 5.76 Å². The number of aromatic nitrogens is 1. The van der Waals surface area contributed by atoms with Crippen LogP contribution in [0.5, 0.6) is 0 Å². The van der Waals surface area contributed by atoms with Crippen LogP contribution in [-0.4, -0.2) is 48.5 Å². The van der Waals surface area contributed by atoms with Gasteiger partial charge in [0.15, 0.2) is 15.7 Å². The smallest absolute Gasteiger partial charge is 0.239 e. The van der Waals surface area contributed by atoms with E-state index in [2.05, 4.69) is 10.5 Å². The van der Waals surface area contributed by atoms with Gasteiger partial charge in [-0.2, -0.15) is 0 Å². The molecule has 1 aromatic heterocycles. The number of carbonyl (C=O) groups is 1. The van der Waals surface area contributed by atoms with E-state index in [0.29, 0.717) is 24.5 Å². The SMILES string of the molecule is Cc1cc(NC(=O)CN(Cc2ccccc2)[C@H]2CCS(=O)(=O)C2)no1. The lowest BCUT2D eigenvalue weighted by Gasteiger charge is -2.27. The summed E-state index contributed by atoms with van der Waals surface area (Å²) < 4.78 is 28.6. The third kappa shape index (κ3) is 4.90. The van der Waals surface area contributed by atoms with Gasteiger partial charge in [-0.1, -0.05) is 35.5 Å². The number of nitrogens with one attached hydrogen (secondary N) is 1. The summed E-state index contributed by atoms with van der Waals surface area (Å²) in [7, 11) is -3.02. The van der Waals surface area contributed by atoms with Crippen LogP contribution < -0.4 is 5.32 Å². The average molecular weight is 363 g/mol. The largest absolute Gasteiger partial charge is 0.360 e. The monoisotopic (exact) mass is 363 g/mol. The van der Waals surface area contributed by atoms with Crippen LogP contribution in [0.1, 0.15) is 17.7 Å². The van der Waals surface area contributed by atoms with E-state index in [-0.39, 0.29) is 30.0 Å². The zero-order valence-electron chi connectivity index (χ0n) is 14.0. The molecule has 0 spiro atoms. The highest BCUT2D eigenvalue weighted by molar-refractivity contribution is 7.91. The van der Waals surface area contributed by atoms with Crippen molar-refractivity contribution in [2.75, 3.05) is 23.4 Å². The van der Waals surface area contributed by atoms with Crippen LogP contribution in [0.4, 0.5) is 5.82 Å². The fraction of sp³-hybridized carbons (Fsp3) is 0.412. The first kappa shape index (κ1) is 17.6. The van der Waals surface area contributed by atoms with Gasteiger partial charge < -0.3 is 9.84 Å². The van der Waals surface area contributed by atoms with Crippen molar-refractivity contribution in [2.24, 2.45) is 0 Å². The molecule has 1 aromatic carbocycles. The highest BCUT2D eigenvalue weighted by Gasteiger charge is 2.33. The Morgan fingerprint density at radius 3 is 2.72 bits per heavy atom. The molecule has 7 nitrogen and oxygen atoms in total. The van der Waals surface area contributed by atoms with Crippen molar-refractivity contribution >= 4 is 21.6 Å². The zero-order valence-corrected chi connectivity index (χ0v) is 14.8. The maximum Gasteiger partial charge on any atom is 0.239 e. The summed E-state index contributed by atoms with van der Waals surface area (Å²) in [6.07, 6.45) is 0.547. The lowest BCUT2D eigenvalue weighted by molar-refractivity contribution is -0.118. The molecule has 0 saturated carbocycles. The first-order chi connectivity index (χ1) is 11.9. The molecule has 134 valence electrons. The summed E-state index contributed by atoms with van der Waals surface area (Å²) in [6.45, 7) is 2.36. The topological polar surface area (TPSA) is 92.5 Å². The van der Waals surface area contributed by atoms with E-state index in [4.69, 9.17) is 4.52 Å². The number of hydrogen-bond acceptors (Lipinski definition) is 6. The number of hydrogen-bond donors (Lipinski definition) is 1. The molecule has 0 bridgehead atoms. The lowest BCUT2D eigenvalue weighted by atomic mass is 10.1. The minimum Gasteiger partial charge on any atom is -0.360 e. The molecule has 3 rings (SSSR count). The van der Waals surface area contributed by atoms with E-state index in [1.807, 2.05) is 35.2 Å². The van der Waals surface area contributed by atoms with Crippen LogP contribution in [0, 0.1) is 6.92 Å². The fourth-order valence-corrected chi connectivity index (χ4v) is 4.75. The summed E-state index contributed by atoms with van der Waals surface area (Å²) in [5, 5.41) is 6.43. The van der Waals surface area contributed by atoms with Crippen LogP contribution >= 0.6 is 0 Å². The maximum atomic E-state index is 12.4. The van der Waals surface area contributed by atoms with Crippen LogP contribution in [0.25, 0.3) is 0 Å². The van der Waals surface area contributed by atoms with Crippen molar-refractivity contribution in [3.05, 3.63) is 47.7 Å². The molecule has 1 atom stereocenters. The van der Waals surface area contributed by atoms with E-state index in [1.54, 1.807) is 13.0 Å². The van der Waals surface area contributed by atoms with Crippen LogP contribution in [-0.2, 0) is 21.2 Å². The number of amides is 1. The van der Waals surface area contributed by atoms with Crippen molar-refractivity contribution in [1.82, 2.24) is 10.1 Å². The van der Waals surface area contributed by atoms with Gasteiger partial charge >= 0.3 is 0 Å². The molecule has 1 N–H and O–H groups in total. The number of anilines is 1. The van der Waals surface area contributed by atoms with Crippen molar-refractivity contribution in [2.45, 2.75) is 25.9 Å². The van der Waals surface area contributed by atoms with Crippen molar-refractivity contribution in [3.8, 4) is 0 Å². The Labute approximate surface area is 146 Å². The second-order valence-corrected chi connectivity index (χ2v) is 8.55. The van der Waals surface area contributed by atoms with Crippen LogP contribution in [0.2, 0.25) is 0 Å². The number of sulfone groups is 1.